The van der Waals surface area contributed by atoms with E-state index in [9.17, 15) is 8.42 Å². The van der Waals surface area contributed by atoms with Crippen LogP contribution in [0.25, 0.3) is 0 Å². The predicted octanol–water partition coefficient (Wildman–Crippen LogP) is 1.80. The standard InChI is InChI=1S/C17H23N5O2S/c1-3-14-15(4-2)20-21-17(19-14)18-10-12-25(23,24)22-11-9-13-7-5-6-8-16(13)22/h5-8H,3-4,9-12H2,1-2H3,(H,18,19,21). The number of aryl methyl sites for hydroxylation is 2. The number of rotatable bonds is 7. The second-order valence-corrected chi connectivity index (χ2v) is 7.94. The van der Waals surface area contributed by atoms with E-state index < -0.39 is 10.0 Å². The van der Waals surface area contributed by atoms with Crippen LogP contribution in [0.2, 0.25) is 0 Å². The first kappa shape index (κ1) is 17.6. The summed E-state index contributed by atoms with van der Waals surface area (Å²) >= 11 is 0. The van der Waals surface area contributed by atoms with E-state index in [0.717, 1.165) is 41.9 Å². The number of aromatic nitrogens is 3. The van der Waals surface area contributed by atoms with Gasteiger partial charge >= 0.3 is 0 Å². The molecular formula is C17H23N5O2S. The molecule has 0 fully saturated rings. The summed E-state index contributed by atoms with van der Waals surface area (Å²) in [5.74, 6) is 0.368. The summed E-state index contributed by atoms with van der Waals surface area (Å²) in [4.78, 5) is 4.42. The van der Waals surface area contributed by atoms with Crippen molar-refractivity contribution in [2.75, 3.05) is 28.5 Å². The summed E-state index contributed by atoms with van der Waals surface area (Å²) in [6.45, 7) is 4.78. The molecular weight excluding hydrogens is 338 g/mol. The van der Waals surface area contributed by atoms with E-state index in [0.29, 0.717) is 12.5 Å². The first-order chi connectivity index (χ1) is 12.0. The maximum Gasteiger partial charge on any atom is 0.243 e. The Kier molecular flexibility index (Phi) is 5.17. The highest BCUT2D eigenvalue weighted by Gasteiger charge is 2.28. The fourth-order valence-corrected chi connectivity index (χ4v) is 4.44. The van der Waals surface area contributed by atoms with Crippen molar-refractivity contribution in [1.29, 1.82) is 0 Å². The molecule has 1 aromatic carbocycles. The zero-order chi connectivity index (χ0) is 17.9. The third-order valence-electron chi connectivity index (χ3n) is 4.33. The Morgan fingerprint density at radius 2 is 1.88 bits per heavy atom. The molecule has 134 valence electrons. The molecule has 8 heteroatoms. The van der Waals surface area contributed by atoms with Gasteiger partial charge in [-0.05, 0) is 30.9 Å². The van der Waals surface area contributed by atoms with Gasteiger partial charge in [0.25, 0.3) is 0 Å². The number of anilines is 2. The van der Waals surface area contributed by atoms with Crippen LogP contribution in [0.4, 0.5) is 11.6 Å². The topological polar surface area (TPSA) is 88.1 Å². The maximum atomic E-state index is 12.6. The number of fused-ring (bicyclic) bond motifs is 1. The first-order valence-electron chi connectivity index (χ1n) is 8.59. The number of nitrogens with one attached hydrogen (secondary N) is 1. The summed E-state index contributed by atoms with van der Waals surface area (Å²) in [7, 11) is -3.38. The van der Waals surface area contributed by atoms with Crippen LogP contribution < -0.4 is 9.62 Å². The number of sulfonamides is 1. The number of para-hydroxylation sites is 1. The summed E-state index contributed by atoms with van der Waals surface area (Å²) < 4.78 is 26.8. The zero-order valence-electron chi connectivity index (χ0n) is 14.6. The van der Waals surface area contributed by atoms with Crippen LogP contribution in [0, 0.1) is 0 Å². The Morgan fingerprint density at radius 1 is 1.12 bits per heavy atom. The first-order valence-corrected chi connectivity index (χ1v) is 10.2. The molecule has 7 nitrogen and oxygen atoms in total. The lowest BCUT2D eigenvalue weighted by Crippen LogP contribution is -2.33. The van der Waals surface area contributed by atoms with Gasteiger partial charge in [-0.3, -0.25) is 4.31 Å². The van der Waals surface area contributed by atoms with Gasteiger partial charge in [0.2, 0.25) is 16.0 Å². The molecule has 0 radical (unpaired) electrons. The molecule has 25 heavy (non-hydrogen) atoms. The van der Waals surface area contributed by atoms with Crippen LogP contribution in [-0.4, -0.2) is 42.4 Å². The van der Waals surface area contributed by atoms with E-state index >= 15 is 0 Å². The second-order valence-electron chi connectivity index (χ2n) is 5.93. The van der Waals surface area contributed by atoms with Gasteiger partial charge < -0.3 is 5.32 Å². The minimum Gasteiger partial charge on any atom is -0.352 e. The largest absolute Gasteiger partial charge is 0.352 e. The zero-order valence-corrected chi connectivity index (χ0v) is 15.4. The molecule has 0 atom stereocenters. The highest BCUT2D eigenvalue weighted by Crippen LogP contribution is 2.29. The Morgan fingerprint density at radius 3 is 2.64 bits per heavy atom. The van der Waals surface area contributed by atoms with Crippen molar-refractivity contribution in [3.8, 4) is 0 Å². The van der Waals surface area contributed by atoms with E-state index in [4.69, 9.17) is 0 Å². The number of nitrogens with zero attached hydrogens (tertiary/aromatic N) is 4. The SMILES string of the molecule is CCc1nnc(NCCS(=O)(=O)N2CCc3ccccc32)nc1CC. The Labute approximate surface area is 148 Å². The molecule has 0 saturated heterocycles. The molecule has 1 N–H and O–H groups in total. The highest BCUT2D eigenvalue weighted by atomic mass is 32.2. The van der Waals surface area contributed by atoms with Crippen LogP contribution in [0.15, 0.2) is 24.3 Å². The maximum absolute atomic E-state index is 12.6. The third-order valence-corrected chi connectivity index (χ3v) is 6.10. The molecule has 0 aliphatic carbocycles. The Hall–Kier alpha value is -2.22. The van der Waals surface area contributed by atoms with Gasteiger partial charge in [-0.2, -0.15) is 5.10 Å². The second kappa shape index (κ2) is 7.35. The number of hydrogen-bond donors (Lipinski definition) is 1. The van der Waals surface area contributed by atoms with Crippen molar-refractivity contribution in [2.24, 2.45) is 0 Å². The summed E-state index contributed by atoms with van der Waals surface area (Å²) in [5, 5.41) is 11.2. The Balaban J connectivity index is 1.64. The molecule has 0 saturated carbocycles. The van der Waals surface area contributed by atoms with Gasteiger partial charge in [0.15, 0.2) is 0 Å². The monoisotopic (exact) mass is 361 g/mol. The van der Waals surface area contributed by atoms with Crippen LogP contribution in [0.1, 0.15) is 30.8 Å². The minimum atomic E-state index is -3.38. The fraction of sp³-hybridized carbons (Fsp3) is 0.471. The normalized spacial score (nSPS) is 13.8. The lowest BCUT2D eigenvalue weighted by Gasteiger charge is -2.19. The molecule has 3 rings (SSSR count). The van der Waals surface area contributed by atoms with E-state index in [1.165, 1.54) is 4.31 Å². The number of benzene rings is 1. The lowest BCUT2D eigenvalue weighted by molar-refractivity contribution is 0.592. The van der Waals surface area contributed by atoms with Crippen molar-refractivity contribution in [1.82, 2.24) is 15.2 Å². The van der Waals surface area contributed by atoms with Crippen LogP contribution in [-0.2, 0) is 29.3 Å². The smallest absolute Gasteiger partial charge is 0.243 e. The molecule has 1 aliphatic heterocycles. The summed E-state index contributed by atoms with van der Waals surface area (Å²) in [6.07, 6.45) is 2.32. The molecule has 1 aliphatic rings. The summed E-state index contributed by atoms with van der Waals surface area (Å²) in [5.41, 5.74) is 3.65. The van der Waals surface area contributed by atoms with E-state index in [1.807, 2.05) is 38.1 Å². The Bertz CT molecular complexity index is 854. The van der Waals surface area contributed by atoms with Crippen LogP contribution in [0.5, 0.6) is 0 Å². The molecule has 2 aromatic rings. The van der Waals surface area contributed by atoms with Crippen molar-refractivity contribution in [3.63, 3.8) is 0 Å². The minimum absolute atomic E-state index is 0.0122. The van der Waals surface area contributed by atoms with Gasteiger partial charge in [0, 0.05) is 13.1 Å². The average molecular weight is 361 g/mol. The van der Waals surface area contributed by atoms with Gasteiger partial charge in [0.1, 0.15) is 0 Å². The van der Waals surface area contributed by atoms with Crippen LogP contribution in [0.3, 0.4) is 0 Å². The quantitative estimate of drug-likeness (QED) is 0.809. The lowest BCUT2D eigenvalue weighted by atomic mass is 10.2. The van der Waals surface area contributed by atoms with Crippen molar-refractivity contribution < 1.29 is 8.42 Å². The molecule has 1 aromatic heterocycles. The van der Waals surface area contributed by atoms with Gasteiger partial charge in [-0.15, -0.1) is 5.10 Å². The van der Waals surface area contributed by atoms with E-state index in [2.05, 4.69) is 20.5 Å². The average Bonchev–Trinajstić information content (AvgIpc) is 3.06. The molecule has 0 amide bonds. The van der Waals surface area contributed by atoms with Gasteiger partial charge in [0.05, 0.1) is 22.8 Å². The summed E-state index contributed by atoms with van der Waals surface area (Å²) in [6, 6.07) is 7.64. The third kappa shape index (κ3) is 3.73. The van der Waals surface area contributed by atoms with Crippen molar-refractivity contribution in [3.05, 3.63) is 41.2 Å². The van der Waals surface area contributed by atoms with E-state index in [-0.39, 0.29) is 12.3 Å². The molecule has 0 spiro atoms. The highest BCUT2D eigenvalue weighted by molar-refractivity contribution is 7.92. The fourth-order valence-electron chi connectivity index (χ4n) is 3.01. The molecule has 0 bridgehead atoms. The predicted molar refractivity (Wildman–Crippen MR) is 98.4 cm³/mol. The molecule has 0 unspecified atom stereocenters. The van der Waals surface area contributed by atoms with E-state index in [1.54, 1.807) is 0 Å². The number of hydrogen-bond acceptors (Lipinski definition) is 6. The van der Waals surface area contributed by atoms with Gasteiger partial charge in [-0.1, -0.05) is 32.0 Å². The molecule has 2 heterocycles. The van der Waals surface area contributed by atoms with Crippen LogP contribution >= 0.6 is 0 Å². The van der Waals surface area contributed by atoms with Crippen molar-refractivity contribution in [2.45, 2.75) is 33.1 Å². The van der Waals surface area contributed by atoms with Crippen molar-refractivity contribution >= 4 is 21.7 Å². The van der Waals surface area contributed by atoms with Gasteiger partial charge in [-0.25, -0.2) is 13.4 Å².